The Morgan fingerprint density at radius 2 is 1.52 bits per heavy atom. The number of hydrogen-bond donors (Lipinski definition) is 0. The van der Waals surface area contributed by atoms with E-state index in [-0.39, 0.29) is 11.3 Å². The number of nitrogens with zero attached hydrogens (tertiary/aromatic N) is 2. The fraction of sp³-hybridized carbons (Fsp3) is 0.643. The van der Waals surface area contributed by atoms with E-state index < -0.39 is 11.6 Å². The first-order valence-corrected chi connectivity index (χ1v) is 13.1. The van der Waals surface area contributed by atoms with Crippen LogP contribution in [-0.4, -0.2) is 16.8 Å². The largest absolute Gasteiger partial charge is 0.490 e. The molecule has 1 aromatic heterocycles. The van der Waals surface area contributed by atoms with Crippen LogP contribution in [0.15, 0.2) is 24.3 Å². The lowest BCUT2D eigenvalue weighted by Gasteiger charge is -2.28. The van der Waals surface area contributed by atoms with E-state index in [2.05, 4.69) is 17.1 Å². The zero-order chi connectivity index (χ0) is 23.5. The molecule has 1 aliphatic rings. The standard InChI is InChI=1S/C28H40F2N2O/c1-3-5-6-7-8-9-21-10-12-22(13-11-21)14-15-23-16-18-25(32-31-23)24-17-19-26(33-20-4-2)28(30)27(24)29/h16-19,21-22H,3-15,20H2,1-2H3. The van der Waals surface area contributed by atoms with Gasteiger partial charge in [0.25, 0.3) is 0 Å². The topological polar surface area (TPSA) is 35.0 Å². The van der Waals surface area contributed by atoms with E-state index in [0.29, 0.717) is 12.3 Å². The van der Waals surface area contributed by atoms with E-state index in [1.807, 2.05) is 13.0 Å². The minimum Gasteiger partial charge on any atom is -0.490 e. The summed E-state index contributed by atoms with van der Waals surface area (Å²) in [5.74, 6) is -0.272. The maximum Gasteiger partial charge on any atom is 0.201 e. The number of unbranched alkanes of at least 4 members (excludes halogenated alkanes) is 4. The Kier molecular flexibility index (Phi) is 10.6. The van der Waals surface area contributed by atoms with Gasteiger partial charge in [-0.2, -0.15) is 14.6 Å². The van der Waals surface area contributed by atoms with Gasteiger partial charge in [0.15, 0.2) is 11.6 Å². The van der Waals surface area contributed by atoms with Crippen LogP contribution >= 0.6 is 0 Å². The summed E-state index contributed by atoms with van der Waals surface area (Å²) in [5.41, 5.74) is 1.38. The number of aryl methyl sites for hydroxylation is 1. The average Bonchev–Trinajstić information content (AvgIpc) is 2.85. The average molecular weight is 459 g/mol. The zero-order valence-corrected chi connectivity index (χ0v) is 20.4. The van der Waals surface area contributed by atoms with Crippen LogP contribution in [0.1, 0.15) is 96.6 Å². The summed E-state index contributed by atoms with van der Waals surface area (Å²) in [6.45, 7) is 4.54. The molecule has 0 N–H and O–H groups in total. The molecule has 0 aliphatic heterocycles. The van der Waals surface area contributed by atoms with Crippen molar-refractivity contribution < 1.29 is 13.5 Å². The molecule has 1 saturated carbocycles. The van der Waals surface area contributed by atoms with Crippen LogP contribution in [0, 0.1) is 23.5 Å². The Balaban J connectivity index is 1.44. The summed E-state index contributed by atoms with van der Waals surface area (Å²) in [6, 6.07) is 6.60. The van der Waals surface area contributed by atoms with Gasteiger partial charge in [-0.25, -0.2) is 4.39 Å². The predicted octanol–water partition coefficient (Wildman–Crippen LogP) is 8.31. The van der Waals surface area contributed by atoms with Crippen molar-refractivity contribution in [3.05, 3.63) is 41.6 Å². The lowest BCUT2D eigenvalue weighted by Crippen LogP contribution is -2.15. The van der Waals surface area contributed by atoms with E-state index in [4.69, 9.17) is 4.74 Å². The Morgan fingerprint density at radius 1 is 0.788 bits per heavy atom. The van der Waals surface area contributed by atoms with Crippen LogP contribution in [0.25, 0.3) is 11.3 Å². The molecule has 1 heterocycles. The molecule has 33 heavy (non-hydrogen) atoms. The van der Waals surface area contributed by atoms with Gasteiger partial charge in [0.2, 0.25) is 5.82 Å². The van der Waals surface area contributed by atoms with Gasteiger partial charge in [0.05, 0.1) is 18.0 Å². The quantitative estimate of drug-likeness (QED) is 0.283. The number of halogens is 2. The van der Waals surface area contributed by atoms with E-state index in [9.17, 15) is 8.78 Å². The second kappa shape index (κ2) is 13.6. The first-order chi connectivity index (χ1) is 16.1. The summed E-state index contributed by atoms with van der Waals surface area (Å²) in [5, 5.41) is 8.47. The lowest BCUT2D eigenvalue weighted by molar-refractivity contribution is 0.248. The van der Waals surface area contributed by atoms with Crippen molar-refractivity contribution in [3.8, 4) is 17.0 Å². The molecule has 0 unspecified atom stereocenters. The minimum atomic E-state index is -0.969. The van der Waals surface area contributed by atoms with Crippen LogP contribution < -0.4 is 4.74 Å². The highest BCUT2D eigenvalue weighted by atomic mass is 19.2. The van der Waals surface area contributed by atoms with Crippen molar-refractivity contribution in [2.75, 3.05) is 6.61 Å². The summed E-state index contributed by atoms with van der Waals surface area (Å²) in [4.78, 5) is 0. The van der Waals surface area contributed by atoms with Gasteiger partial charge in [0, 0.05) is 5.56 Å². The highest BCUT2D eigenvalue weighted by molar-refractivity contribution is 5.61. The second-order valence-corrected chi connectivity index (χ2v) is 9.63. The molecule has 0 saturated heterocycles. The van der Waals surface area contributed by atoms with Crippen LogP contribution in [0.5, 0.6) is 5.75 Å². The Hall–Kier alpha value is -2.04. The van der Waals surface area contributed by atoms with Crippen molar-refractivity contribution in [1.29, 1.82) is 0 Å². The SMILES string of the molecule is CCCCCCCC1CCC(CCc2ccc(-c3ccc(OCCC)c(F)c3F)nn2)CC1. The first-order valence-electron chi connectivity index (χ1n) is 13.1. The molecular formula is C28H40F2N2O. The van der Waals surface area contributed by atoms with Gasteiger partial charge in [-0.05, 0) is 55.4 Å². The highest BCUT2D eigenvalue weighted by Crippen LogP contribution is 2.34. The predicted molar refractivity (Wildman–Crippen MR) is 130 cm³/mol. The molecule has 0 spiro atoms. The Morgan fingerprint density at radius 3 is 2.18 bits per heavy atom. The van der Waals surface area contributed by atoms with Crippen LogP contribution in [-0.2, 0) is 6.42 Å². The monoisotopic (exact) mass is 458 g/mol. The third-order valence-corrected chi connectivity index (χ3v) is 7.00. The molecule has 5 heteroatoms. The number of ether oxygens (including phenoxy) is 1. The lowest BCUT2D eigenvalue weighted by atomic mass is 9.78. The van der Waals surface area contributed by atoms with Crippen molar-refractivity contribution in [1.82, 2.24) is 10.2 Å². The van der Waals surface area contributed by atoms with Gasteiger partial charge < -0.3 is 4.74 Å². The molecule has 0 amide bonds. The van der Waals surface area contributed by atoms with Crippen molar-refractivity contribution in [2.24, 2.45) is 11.8 Å². The van der Waals surface area contributed by atoms with E-state index in [1.54, 1.807) is 6.07 Å². The van der Waals surface area contributed by atoms with Gasteiger partial charge in [0.1, 0.15) is 0 Å². The molecular weight excluding hydrogens is 418 g/mol. The maximum absolute atomic E-state index is 14.5. The molecule has 3 rings (SSSR count). The van der Waals surface area contributed by atoms with Crippen molar-refractivity contribution in [2.45, 2.75) is 97.3 Å². The third kappa shape index (κ3) is 7.75. The highest BCUT2D eigenvalue weighted by Gasteiger charge is 2.21. The van der Waals surface area contributed by atoms with Gasteiger partial charge in [-0.15, -0.1) is 0 Å². The molecule has 0 atom stereocenters. The number of aromatic nitrogens is 2. The first kappa shape index (κ1) is 25.6. The van der Waals surface area contributed by atoms with Gasteiger partial charge in [-0.3, -0.25) is 0 Å². The molecule has 0 radical (unpaired) electrons. The summed E-state index contributed by atoms with van der Waals surface area (Å²) in [7, 11) is 0. The zero-order valence-electron chi connectivity index (χ0n) is 20.4. The normalized spacial score (nSPS) is 18.4. The maximum atomic E-state index is 14.5. The molecule has 1 aromatic carbocycles. The molecule has 1 fully saturated rings. The molecule has 0 bridgehead atoms. The number of rotatable bonds is 13. The van der Waals surface area contributed by atoms with Crippen LogP contribution in [0.2, 0.25) is 0 Å². The summed E-state index contributed by atoms with van der Waals surface area (Å²) in [6.07, 6.45) is 16.4. The Bertz CT molecular complexity index is 833. The number of hydrogen-bond acceptors (Lipinski definition) is 3. The molecule has 182 valence electrons. The summed E-state index contributed by atoms with van der Waals surface area (Å²) >= 11 is 0. The Labute approximate surface area is 198 Å². The smallest absolute Gasteiger partial charge is 0.201 e. The van der Waals surface area contributed by atoms with Gasteiger partial charge >= 0.3 is 0 Å². The van der Waals surface area contributed by atoms with E-state index in [1.165, 1.54) is 76.3 Å². The van der Waals surface area contributed by atoms with Crippen LogP contribution in [0.4, 0.5) is 8.78 Å². The third-order valence-electron chi connectivity index (χ3n) is 7.00. The summed E-state index contributed by atoms with van der Waals surface area (Å²) < 4.78 is 34.0. The molecule has 3 nitrogen and oxygen atoms in total. The second-order valence-electron chi connectivity index (χ2n) is 9.63. The van der Waals surface area contributed by atoms with Gasteiger partial charge in [-0.1, -0.05) is 78.1 Å². The minimum absolute atomic E-state index is 0.0612. The molecule has 2 aromatic rings. The van der Waals surface area contributed by atoms with Crippen molar-refractivity contribution in [3.63, 3.8) is 0 Å². The van der Waals surface area contributed by atoms with Crippen molar-refractivity contribution >= 4 is 0 Å². The number of benzene rings is 1. The fourth-order valence-electron chi connectivity index (χ4n) is 4.89. The molecule has 1 aliphatic carbocycles. The van der Waals surface area contributed by atoms with E-state index >= 15 is 0 Å². The fourth-order valence-corrected chi connectivity index (χ4v) is 4.89. The van der Waals surface area contributed by atoms with E-state index in [0.717, 1.165) is 36.8 Å². The van der Waals surface area contributed by atoms with Crippen LogP contribution in [0.3, 0.4) is 0 Å².